The highest BCUT2D eigenvalue weighted by atomic mass is 79.9. The number of fused-ring (bicyclic) bond motifs is 1. The van der Waals surface area contributed by atoms with E-state index in [1.807, 2.05) is 36.9 Å². The van der Waals surface area contributed by atoms with Crippen LogP contribution in [0.5, 0.6) is 0 Å². The van der Waals surface area contributed by atoms with Crippen LogP contribution in [-0.4, -0.2) is 11.9 Å². The molecule has 0 N–H and O–H groups in total. The maximum absolute atomic E-state index is 11.7. The number of carbonyl (C=O) groups is 1. The van der Waals surface area contributed by atoms with Crippen LogP contribution in [0.25, 0.3) is 0 Å². The van der Waals surface area contributed by atoms with Crippen LogP contribution in [0.1, 0.15) is 19.4 Å². The molecule has 0 aliphatic carbocycles. The van der Waals surface area contributed by atoms with Crippen molar-refractivity contribution >= 4 is 27.5 Å². The number of hydrogen-bond donors (Lipinski definition) is 0. The second-order valence-corrected chi connectivity index (χ2v) is 4.63. The van der Waals surface area contributed by atoms with E-state index in [0.29, 0.717) is 6.42 Å². The Balaban J connectivity index is 2.53. The van der Waals surface area contributed by atoms with Gasteiger partial charge in [0.2, 0.25) is 5.91 Å². The van der Waals surface area contributed by atoms with Gasteiger partial charge in [-0.1, -0.05) is 22.0 Å². The summed E-state index contributed by atoms with van der Waals surface area (Å²) in [5.41, 5.74) is 2.17. The molecule has 0 saturated carbocycles. The summed E-state index contributed by atoms with van der Waals surface area (Å²) in [6.45, 7) is 4.07. The van der Waals surface area contributed by atoms with Gasteiger partial charge in [-0.25, -0.2) is 0 Å². The van der Waals surface area contributed by atoms with Gasteiger partial charge in [0.05, 0.1) is 6.42 Å². The molecule has 1 heterocycles. The molecule has 0 aromatic heterocycles. The summed E-state index contributed by atoms with van der Waals surface area (Å²) in [5.74, 6) is 0.196. The first-order valence-corrected chi connectivity index (χ1v) is 5.50. The van der Waals surface area contributed by atoms with Crippen LogP contribution >= 0.6 is 15.9 Å². The second kappa shape index (κ2) is 3.39. The van der Waals surface area contributed by atoms with E-state index in [9.17, 15) is 4.79 Å². The lowest BCUT2D eigenvalue weighted by Crippen LogP contribution is -2.33. The first-order valence-electron chi connectivity index (χ1n) is 4.70. The van der Waals surface area contributed by atoms with Crippen molar-refractivity contribution < 1.29 is 4.79 Å². The predicted octanol–water partition coefficient (Wildman–Crippen LogP) is 2.75. The quantitative estimate of drug-likeness (QED) is 0.754. The summed E-state index contributed by atoms with van der Waals surface area (Å²) in [4.78, 5) is 13.6. The van der Waals surface area contributed by atoms with Crippen molar-refractivity contribution in [3.63, 3.8) is 0 Å². The van der Waals surface area contributed by atoms with Gasteiger partial charge in [0.25, 0.3) is 0 Å². The minimum absolute atomic E-state index is 0.196. The fourth-order valence-electron chi connectivity index (χ4n) is 1.88. The summed E-state index contributed by atoms with van der Waals surface area (Å²) >= 11 is 3.47. The first-order chi connectivity index (χ1) is 6.61. The molecular formula is C11H12BrNO. The van der Waals surface area contributed by atoms with E-state index in [2.05, 4.69) is 15.9 Å². The molecule has 0 fully saturated rings. The summed E-state index contributed by atoms with van der Waals surface area (Å²) in [6, 6.07) is 6.19. The van der Waals surface area contributed by atoms with Crippen molar-refractivity contribution in [1.29, 1.82) is 0 Å². The molecule has 2 rings (SSSR count). The fourth-order valence-corrected chi connectivity index (χ4v) is 2.38. The molecule has 1 aliphatic rings. The van der Waals surface area contributed by atoms with Gasteiger partial charge in [0.1, 0.15) is 0 Å². The topological polar surface area (TPSA) is 20.3 Å². The second-order valence-electron chi connectivity index (χ2n) is 3.77. The number of halogens is 1. The van der Waals surface area contributed by atoms with E-state index in [1.165, 1.54) is 0 Å². The fraction of sp³-hybridized carbons (Fsp3) is 0.364. The number of nitrogens with zero attached hydrogens (tertiary/aromatic N) is 1. The standard InChI is InChI=1S/C11H12BrNO/c1-7(2)13-10-5-3-4-9(12)8(10)6-11(13)14/h3-5,7H,6H2,1-2H3. The van der Waals surface area contributed by atoms with Crippen molar-refractivity contribution in [3.05, 3.63) is 28.2 Å². The molecule has 1 amide bonds. The third-order valence-corrected chi connectivity index (χ3v) is 3.21. The van der Waals surface area contributed by atoms with Crippen LogP contribution in [-0.2, 0) is 11.2 Å². The van der Waals surface area contributed by atoms with Gasteiger partial charge in [0, 0.05) is 16.2 Å². The number of hydrogen-bond acceptors (Lipinski definition) is 1. The minimum Gasteiger partial charge on any atom is -0.309 e. The van der Waals surface area contributed by atoms with Crippen LogP contribution in [0.2, 0.25) is 0 Å². The van der Waals surface area contributed by atoms with E-state index in [1.54, 1.807) is 0 Å². The van der Waals surface area contributed by atoms with E-state index in [-0.39, 0.29) is 11.9 Å². The third kappa shape index (κ3) is 1.36. The van der Waals surface area contributed by atoms with Gasteiger partial charge in [-0.15, -0.1) is 0 Å². The third-order valence-electron chi connectivity index (χ3n) is 2.47. The summed E-state index contributed by atoms with van der Waals surface area (Å²) in [7, 11) is 0. The molecule has 14 heavy (non-hydrogen) atoms. The summed E-state index contributed by atoms with van der Waals surface area (Å²) < 4.78 is 1.03. The van der Waals surface area contributed by atoms with Gasteiger partial charge in [-0.3, -0.25) is 4.79 Å². The lowest BCUT2D eigenvalue weighted by molar-refractivity contribution is -0.117. The zero-order valence-electron chi connectivity index (χ0n) is 8.25. The maximum atomic E-state index is 11.7. The number of benzene rings is 1. The maximum Gasteiger partial charge on any atom is 0.231 e. The summed E-state index contributed by atoms with van der Waals surface area (Å²) in [6.07, 6.45) is 0.523. The molecular weight excluding hydrogens is 242 g/mol. The molecule has 0 bridgehead atoms. The molecule has 74 valence electrons. The highest BCUT2D eigenvalue weighted by molar-refractivity contribution is 9.10. The highest BCUT2D eigenvalue weighted by Gasteiger charge is 2.30. The van der Waals surface area contributed by atoms with Gasteiger partial charge in [-0.2, -0.15) is 0 Å². The van der Waals surface area contributed by atoms with Crippen molar-refractivity contribution in [3.8, 4) is 0 Å². The number of rotatable bonds is 1. The molecule has 1 aromatic carbocycles. The lowest BCUT2D eigenvalue weighted by atomic mass is 10.2. The van der Waals surface area contributed by atoms with E-state index < -0.39 is 0 Å². The Bertz CT molecular complexity index is 387. The molecule has 2 nitrogen and oxygen atoms in total. The smallest absolute Gasteiger partial charge is 0.231 e. The highest BCUT2D eigenvalue weighted by Crippen LogP contribution is 2.35. The number of anilines is 1. The molecule has 1 aliphatic heterocycles. The van der Waals surface area contributed by atoms with Crippen molar-refractivity contribution in [2.45, 2.75) is 26.3 Å². The molecule has 0 unspecified atom stereocenters. The average molecular weight is 254 g/mol. The Labute approximate surface area is 92.0 Å². The summed E-state index contributed by atoms with van der Waals surface area (Å²) in [5, 5.41) is 0. The van der Waals surface area contributed by atoms with Crippen molar-refractivity contribution in [2.75, 3.05) is 4.90 Å². The molecule has 0 saturated heterocycles. The van der Waals surface area contributed by atoms with Crippen LogP contribution < -0.4 is 4.90 Å². The zero-order chi connectivity index (χ0) is 10.3. The Morgan fingerprint density at radius 2 is 2.14 bits per heavy atom. The van der Waals surface area contributed by atoms with Gasteiger partial charge in [0.15, 0.2) is 0 Å². The lowest BCUT2D eigenvalue weighted by Gasteiger charge is -2.21. The predicted molar refractivity (Wildman–Crippen MR) is 60.5 cm³/mol. The zero-order valence-corrected chi connectivity index (χ0v) is 9.84. The largest absolute Gasteiger partial charge is 0.309 e. The van der Waals surface area contributed by atoms with Crippen molar-refractivity contribution in [1.82, 2.24) is 0 Å². The van der Waals surface area contributed by atoms with E-state index >= 15 is 0 Å². The number of carbonyl (C=O) groups excluding carboxylic acids is 1. The van der Waals surface area contributed by atoms with Crippen molar-refractivity contribution in [2.24, 2.45) is 0 Å². The Hall–Kier alpha value is -0.830. The van der Waals surface area contributed by atoms with Gasteiger partial charge >= 0.3 is 0 Å². The van der Waals surface area contributed by atoms with E-state index in [0.717, 1.165) is 15.7 Å². The van der Waals surface area contributed by atoms with E-state index in [4.69, 9.17) is 0 Å². The minimum atomic E-state index is 0.196. The first kappa shape index (κ1) is 9.71. The Morgan fingerprint density at radius 3 is 2.79 bits per heavy atom. The molecule has 3 heteroatoms. The van der Waals surface area contributed by atoms with Crippen LogP contribution in [0.4, 0.5) is 5.69 Å². The van der Waals surface area contributed by atoms with Gasteiger partial charge in [-0.05, 0) is 31.5 Å². The molecule has 0 spiro atoms. The van der Waals surface area contributed by atoms with Crippen LogP contribution in [0.3, 0.4) is 0 Å². The van der Waals surface area contributed by atoms with Gasteiger partial charge < -0.3 is 4.90 Å². The normalized spacial score (nSPS) is 15.1. The monoisotopic (exact) mass is 253 g/mol. The molecule has 0 radical (unpaired) electrons. The van der Waals surface area contributed by atoms with Crippen LogP contribution in [0.15, 0.2) is 22.7 Å². The average Bonchev–Trinajstić information content (AvgIpc) is 2.42. The number of amides is 1. The molecule has 0 atom stereocenters. The Kier molecular flexibility index (Phi) is 2.35. The SMILES string of the molecule is CC(C)N1C(=O)Cc2c(Br)cccc21. The molecule has 1 aromatic rings. The Morgan fingerprint density at radius 1 is 1.43 bits per heavy atom. The van der Waals surface area contributed by atoms with Crippen LogP contribution in [0, 0.1) is 0 Å².